The van der Waals surface area contributed by atoms with E-state index in [2.05, 4.69) is 16.0 Å². The molecule has 2 heterocycles. The van der Waals surface area contributed by atoms with Crippen molar-refractivity contribution in [1.29, 1.82) is 0 Å². The molecule has 2 nitrogen and oxygen atoms in total. The Kier molecular flexibility index (Phi) is 0.974. The third-order valence-electron chi connectivity index (χ3n) is 1.31. The molecule has 2 aromatic rings. The topological polar surface area (TPSA) is 28.7 Å². The zero-order valence-electron chi connectivity index (χ0n) is 5.06. The molecule has 2 aromatic heterocycles. The van der Waals surface area contributed by atoms with E-state index in [4.69, 9.17) is 0 Å². The molecule has 2 rings (SSSR count). The molecule has 0 fully saturated rings. The average molecular weight is 135 g/mol. The first-order valence-corrected chi connectivity index (χ1v) is 2.87. The molecule has 0 atom stereocenters. The van der Waals surface area contributed by atoms with Gasteiger partial charge in [-0.15, -0.1) is 0 Å². The molecule has 0 spiro atoms. The minimum atomic E-state index is -0.574. The van der Waals surface area contributed by atoms with E-state index < -0.39 is 5.95 Å². The van der Waals surface area contributed by atoms with Crippen LogP contribution < -0.4 is 0 Å². The molecule has 0 aliphatic rings. The van der Waals surface area contributed by atoms with E-state index in [-0.39, 0.29) is 0 Å². The molecule has 0 unspecified atom stereocenters. The number of nitrogens with zero attached hydrogens (tertiary/aromatic N) is 1. The SMILES string of the molecule is Fc1[c]cc2cc[nH]c2n1. The van der Waals surface area contributed by atoms with E-state index >= 15 is 0 Å². The molecule has 49 valence electrons. The number of halogens is 1. The molecule has 3 heteroatoms. The highest BCUT2D eigenvalue weighted by atomic mass is 19.1. The van der Waals surface area contributed by atoms with E-state index in [9.17, 15) is 4.39 Å². The lowest BCUT2D eigenvalue weighted by Crippen LogP contribution is -1.81. The predicted octanol–water partition coefficient (Wildman–Crippen LogP) is 1.50. The van der Waals surface area contributed by atoms with E-state index in [1.165, 1.54) is 0 Å². The van der Waals surface area contributed by atoms with Crippen molar-refractivity contribution in [1.82, 2.24) is 9.97 Å². The summed E-state index contributed by atoms with van der Waals surface area (Å²) in [7, 11) is 0. The first kappa shape index (κ1) is 5.41. The van der Waals surface area contributed by atoms with Crippen LogP contribution in [0.5, 0.6) is 0 Å². The van der Waals surface area contributed by atoms with Gasteiger partial charge in [-0.1, -0.05) is 0 Å². The summed E-state index contributed by atoms with van der Waals surface area (Å²) >= 11 is 0. The third kappa shape index (κ3) is 0.673. The van der Waals surface area contributed by atoms with Gasteiger partial charge in [0.05, 0.1) is 0 Å². The van der Waals surface area contributed by atoms with Crippen molar-refractivity contribution in [3.8, 4) is 0 Å². The number of aromatic amines is 1. The molecule has 0 saturated carbocycles. The summed E-state index contributed by atoms with van der Waals surface area (Å²) in [5, 5.41) is 0.876. The van der Waals surface area contributed by atoms with E-state index in [0.29, 0.717) is 5.65 Å². The number of aromatic nitrogens is 2. The second kappa shape index (κ2) is 1.80. The number of pyridine rings is 1. The summed E-state index contributed by atoms with van der Waals surface area (Å²) in [6.45, 7) is 0. The van der Waals surface area contributed by atoms with Gasteiger partial charge in [-0.2, -0.15) is 4.39 Å². The molecule has 10 heavy (non-hydrogen) atoms. The van der Waals surface area contributed by atoms with E-state index in [1.54, 1.807) is 12.3 Å². The summed E-state index contributed by atoms with van der Waals surface area (Å²) in [4.78, 5) is 6.35. The van der Waals surface area contributed by atoms with Crippen LogP contribution in [0.15, 0.2) is 18.3 Å². The fraction of sp³-hybridized carbons (Fsp3) is 0. The number of hydrogen-bond acceptors (Lipinski definition) is 1. The molecular weight excluding hydrogens is 131 g/mol. The minimum absolute atomic E-state index is 0.566. The lowest BCUT2D eigenvalue weighted by Gasteiger charge is -1.85. The highest BCUT2D eigenvalue weighted by Gasteiger charge is 1.95. The van der Waals surface area contributed by atoms with Crippen molar-refractivity contribution in [3.05, 3.63) is 30.3 Å². The number of fused-ring (bicyclic) bond motifs is 1. The lowest BCUT2D eigenvalue weighted by atomic mass is 10.3. The van der Waals surface area contributed by atoms with Gasteiger partial charge in [0.15, 0.2) is 0 Å². The number of hydrogen-bond donors (Lipinski definition) is 1. The Balaban J connectivity index is 2.86. The van der Waals surface area contributed by atoms with Gasteiger partial charge in [0.1, 0.15) is 5.65 Å². The standard InChI is InChI=1S/C7H4FN2/c8-6-2-1-5-3-4-9-7(5)10-6/h1,3-4H,(H,9,10). The first-order chi connectivity index (χ1) is 4.86. The monoisotopic (exact) mass is 135 g/mol. The third-order valence-corrected chi connectivity index (χ3v) is 1.31. The number of H-pyrrole nitrogens is 1. The van der Waals surface area contributed by atoms with Gasteiger partial charge in [-0.3, -0.25) is 0 Å². The highest BCUT2D eigenvalue weighted by Crippen LogP contribution is 2.07. The second-order valence-electron chi connectivity index (χ2n) is 1.97. The Morgan fingerprint density at radius 1 is 1.60 bits per heavy atom. The smallest absolute Gasteiger partial charge is 0.222 e. The zero-order chi connectivity index (χ0) is 6.97. The average Bonchev–Trinajstić information content (AvgIpc) is 2.33. The van der Waals surface area contributed by atoms with Crippen molar-refractivity contribution in [2.75, 3.05) is 0 Å². The molecular formula is C7H4FN2. The fourth-order valence-corrected chi connectivity index (χ4v) is 0.854. The van der Waals surface area contributed by atoms with Crippen LogP contribution in [0.4, 0.5) is 4.39 Å². The van der Waals surface area contributed by atoms with Crippen LogP contribution in [0, 0.1) is 12.0 Å². The molecule has 0 aromatic carbocycles. The Bertz CT molecular complexity index is 353. The zero-order valence-corrected chi connectivity index (χ0v) is 5.06. The van der Waals surface area contributed by atoms with Crippen molar-refractivity contribution >= 4 is 11.0 Å². The minimum Gasteiger partial charge on any atom is -0.346 e. The van der Waals surface area contributed by atoms with Gasteiger partial charge in [-0.25, -0.2) is 4.98 Å². The summed E-state index contributed by atoms with van der Waals surface area (Å²) in [5.74, 6) is -0.574. The van der Waals surface area contributed by atoms with Crippen LogP contribution >= 0.6 is 0 Å². The molecule has 0 aliphatic carbocycles. The summed E-state index contributed by atoms with van der Waals surface area (Å²) in [6.07, 6.45) is 1.71. The maximum absolute atomic E-state index is 12.3. The van der Waals surface area contributed by atoms with Crippen molar-refractivity contribution < 1.29 is 4.39 Å². The highest BCUT2D eigenvalue weighted by molar-refractivity contribution is 5.74. The normalized spacial score (nSPS) is 10.5. The summed E-state index contributed by atoms with van der Waals surface area (Å²) in [6, 6.07) is 5.74. The molecule has 0 aliphatic heterocycles. The maximum atomic E-state index is 12.3. The van der Waals surface area contributed by atoms with Crippen molar-refractivity contribution in [2.24, 2.45) is 0 Å². The Hall–Kier alpha value is -1.38. The van der Waals surface area contributed by atoms with Gasteiger partial charge in [0.2, 0.25) is 5.95 Å². The van der Waals surface area contributed by atoms with Gasteiger partial charge in [0, 0.05) is 17.6 Å². The summed E-state index contributed by atoms with van der Waals surface area (Å²) in [5.41, 5.74) is 0.566. The van der Waals surface area contributed by atoms with Gasteiger partial charge < -0.3 is 4.98 Å². The quantitative estimate of drug-likeness (QED) is 0.545. The Morgan fingerprint density at radius 2 is 2.50 bits per heavy atom. The Labute approximate surface area is 56.7 Å². The fourth-order valence-electron chi connectivity index (χ4n) is 0.854. The van der Waals surface area contributed by atoms with E-state index in [0.717, 1.165) is 5.39 Å². The van der Waals surface area contributed by atoms with E-state index in [1.807, 2.05) is 6.07 Å². The van der Waals surface area contributed by atoms with Crippen molar-refractivity contribution in [3.63, 3.8) is 0 Å². The summed E-state index contributed by atoms with van der Waals surface area (Å²) < 4.78 is 12.3. The lowest BCUT2D eigenvalue weighted by molar-refractivity contribution is 0.586. The van der Waals surface area contributed by atoms with Crippen molar-refractivity contribution in [2.45, 2.75) is 0 Å². The van der Waals surface area contributed by atoms with Crippen LogP contribution in [0.1, 0.15) is 0 Å². The predicted molar refractivity (Wildman–Crippen MR) is 34.9 cm³/mol. The van der Waals surface area contributed by atoms with Crippen LogP contribution in [0.3, 0.4) is 0 Å². The number of rotatable bonds is 0. The largest absolute Gasteiger partial charge is 0.346 e. The van der Waals surface area contributed by atoms with Crippen LogP contribution in [-0.2, 0) is 0 Å². The van der Waals surface area contributed by atoms with Crippen LogP contribution in [0.2, 0.25) is 0 Å². The Morgan fingerprint density at radius 3 is 3.40 bits per heavy atom. The number of nitrogens with one attached hydrogen (secondary N) is 1. The second-order valence-corrected chi connectivity index (χ2v) is 1.97. The first-order valence-electron chi connectivity index (χ1n) is 2.87. The van der Waals surface area contributed by atoms with Gasteiger partial charge in [0.25, 0.3) is 0 Å². The molecule has 0 bridgehead atoms. The maximum Gasteiger partial charge on any atom is 0.222 e. The van der Waals surface area contributed by atoms with Crippen LogP contribution in [-0.4, -0.2) is 9.97 Å². The van der Waals surface area contributed by atoms with Crippen LogP contribution in [0.25, 0.3) is 11.0 Å². The molecule has 1 radical (unpaired) electrons. The molecule has 1 N–H and O–H groups in total. The molecule has 0 amide bonds. The van der Waals surface area contributed by atoms with Gasteiger partial charge >= 0.3 is 0 Å². The molecule has 0 saturated heterocycles. The van der Waals surface area contributed by atoms with Gasteiger partial charge in [-0.05, 0) is 12.1 Å².